The highest BCUT2D eigenvalue weighted by Crippen LogP contribution is 2.33. The Balaban J connectivity index is 1.41. The molecule has 200 valence electrons. The van der Waals surface area contributed by atoms with Crippen LogP contribution >= 0.6 is 0 Å². The standard InChI is InChI=1S/C32H26N8O/c1-32(2,23-8-18-28(41)19-9-23)22-6-12-26(13-7-22)36-30-38-29(35-25-10-4-21(20-33)5-11-25)39-31(40-30)37-27-16-14-24(34-3)15-17-27/h4-19,41H,1-2H3,(H3,35,36,37,38,39,40). The van der Waals surface area contributed by atoms with E-state index in [-0.39, 0.29) is 11.2 Å². The number of phenolic OH excluding ortho intramolecular Hbond substituents is 1. The molecule has 1 aromatic heterocycles. The molecule has 0 amide bonds. The molecule has 0 radical (unpaired) electrons. The minimum absolute atomic E-state index is 0.240. The largest absolute Gasteiger partial charge is 0.508 e. The molecule has 0 aliphatic rings. The van der Waals surface area contributed by atoms with Crippen LogP contribution in [0, 0.1) is 17.9 Å². The van der Waals surface area contributed by atoms with E-state index >= 15 is 0 Å². The van der Waals surface area contributed by atoms with Crippen molar-refractivity contribution in [3.05, 3.63) is 125 Å². The van der Waals surface area contributed by atoms with Gasteiger partial charge in [-0.1, -0.05) is 50.2 Å². The molecule has 0 atom stereocenters. The smallest absolute Gasteiger partial charge is 0.233 e. The summed E-state index contributed by atoms with van der Waals surface area (Å²) in [6, 6.07) is 31.4. The van der Waals surface area contributed by atoms with Crippen molar-refractivity contribution in [1.29, 1.82) is 5.26 Å². The monoisotopic (exact) mass is 538 g/mol. The van der Waals surface area contributed by atoms with E-state index in [0.717, 1.165) is 22.5 Å². The Labute approximate surface area is 238 Å². The highest BCUT2D eigenvalue weighted by molar-refractivity contribution is 5.64. The Morgan fingerprint density at radius 2 is 1.05 bits per heavy atom. The number of anilines is 6. The SMILES string of the molecule is [C-]#[N+]c1ccc(Nc2nc(Nc3ccc(C#N)cc3)nc(Nc3ccc(C(C)(C)c4ccc(O)cc4)cc3)n2)cc1. The molecular weight excluding hydrogens is 512 g/mol. The lowest BCUT2D eigenvalue weighted by Gasteiger charge is -2.26. The predicted molar refractivity (Wildman–Crippen MR) is 160 cm³/mol. The van der Waals surface area contributed by atoms with E-state index in [9.17, 15) is 5.11 Å². The number of benzene rings is 4. The van der Waals surface area contributed by atoms with Crippen molar-refractivity contribution < 1.29 is 5.11 Å². The van der Waals surface area contributed by atoms with Crippen molar-refractivity contribution in [2.45, 2.75) is 19.3 Å². The minimum atomic E-state index is -0.266. The first-order chi connectivity index (χ1) is 19.8. The zero-order chi connectivity index (χ0) is 28.8. The number of rotatable bonds is 8. The van der Waals surface area contributed by atoms with Gasteiger partial charge < -0.3 is 21.1 Å². The third-order valence-corrected chi connectivity index (χ3v) is 6.61. The molecule has 41 heavy (non-hydrogen) atoms. The molecule has 1 heterocycles. The van der Waals surface area contributed by atoms with Crippen molar-refractivity contribution in [2.75, 3.05) is 16.0 Å². The summed E-state index contributed by atoms with van der Waals surface area (Å²) in [4.78, 5) is 17.0. The van der Waals surface area contributed by atoms with E-state index in [2.05, 4.69) is 55.7 Å². The number of nitrogens with zero attached hydrogens (tertiary/aromatic N) is 5. The Bertz CT molecular complexity index is 1660. The second-order valence-corrected chi connectivity index (χ2v) is 9.78. The van der Waals surface area contributed by atoms with Crippen LogP contribution in [0.1, 0.15) is 30.5 Å². The second kappa shape index (κ2) is 11.4. The average Bonchev–Trinajstić information content (AvgIpc) is 2.98. The highest BCUT2D eigenvalue weighted by Gasteiger charge is 2.23. The number of aromatic hydroxyl groups is 1. The van der Waals surface area contributed by atoms with Crippen LogP contribution in [-0.4, -0.2) is 20.1 Å². The molecule has 0 fully saturated rings. The Kier molecular flexibility index (Phi) is 7.44. The van der Waals surface area contributed by atoms with Crippen molar-refractivity contribution in [3.8, 4) is 11.8 Å². The maximum Gasteiger partial charge on any atom is 0.233 e. The number of nitriles is 1. The van der Waals surface area contributed by atoms with Crippen LogP contribution in [0.4, 0.5) is 40.6 Å². The molecule has 0 bridgehead atoms. The molecule has 4 N–H and O–H groups in total. The van der Waals surface area contributed by atoms with Gasteiger partial charge in [-0.3, -0.25) is 0 Å². The third-order valence-electron chi connectivity index (χ3n) is 6.61. The van der Waals surface area contributed by atoms with E-state index in [1.807, 2.05) is 36.4 Å². The first-order valence-electron chi connectivity index (χ1n) is 12.8. The van der Waals surface area contributed by atoms with Crippen molar-refractivity contribution in [2.24, 2.45) is 0 Å². The van der Waals surface area contributed by atoms with Gasteiger partial charge in [-0.05, 0) is 71.8 Å². The molecule has 5 aromatic rings. The van der Waals surface area contributed by atoms with Gasteiger partial charge in [-0.25, -0.2) is 4.85 Å². The Morgan fingerprint density at radius 1 is 0.659 bits per heavy atom. The van der Waals surface area contributed by atoms with Crippen molar-refractivity contribution in [1.82, 2.24) is 15.0 Å². The van der Waals surface area contributed by atoms with E-state index < -0.39 is 0 Å². The molecule has 0 aliphatic heterocycles. The molecule has 4 aromatic carbocycles. The number of nitrogens with one attached hydrogen (secondary N) is 3. The molecule has 0 spiro atoms. The molecule has 0 saturated heterocycles. The van der Waals surface area contributed by atoms with E-state index in [1.165, 1.54) is 0 Å². The average molecular weight is 539 g/mol. The lowest BCUT2D eigenvalue weighted by atomic mass is 9.78. The molecule has 0 saturated carbocycles. The molecular formula is C32H26N8O. The van der Waals surface area contributed by atoms with Gasteiger partial charge in [-0.2, -0.15) is 20.2 Å². The predicted octanol–water partition coefficient (Wildman–Crippen LogP) is 7.56. The minimum Gasteiger partial charge on any atom is -0.508 e. The summed E-state index contributed by atoms with van der Waals surface area (Å²) in [5, 5.41) is 28.3. The molecule has 0 aliphatic carbocycles. The zero-order valence-electron chi connectivity index (χ0n) is 22.4. The fraction of sp³-hybridized carbons (Fsp3) is 0.0938. The van der Waals surface area contributed by atoms with Crippen molar-refractivity contribution >= 4 is 40.6 Å². The fourth-order valence-electron chi connectivity index (χ4n) is 4.19. The van der Waals surface area contributed by atoms with Gasteiger partial charge in [0.25, 0.3) is 0 Å². The van der Waals surface area contributed by atoms with Crippen LogP contribution in [-0.2, 0) is 5.41 Å². The lowest BCUT2D eigenvalue weighted by Crippen LogP contribution is -2.18. The van der Waals surface area contributed by atoms with E-state index in [4.69, 9.17) is 11.8 Å². The fourth-order valence-corrected chi connectivity index (χ4v) is 4.19. The highest BCUT2D eigenvalue weighted by atomic mass is 16.3. The van der Waals surface area contributed by atoms with Crippen LogP contribution in [0.25, 0.3) is 4.85 Å². The molecule has 9 heteroatoms. The van der Waals surface area contributed by atoms with Gasteiger partial charge in [0, 0.05) is 22.5 Å². The number of phenols is 1. The number of hydrogen-bond donors (Lipinski definition) is 4. The maximum absolute atomic E-state index is 9.66. The normalized spacial score (nSPS) is 10.7. The maximum atomic E-state index is 9.66. The van der Waals surface area contributed by atoms with Gasteiger partial charge in [0.15, 0.2) is 5.69 Å². The van der Waals surface area contributed by atoms with Crippen LogP contribution in [0.2, 0.25) is 0 Å². The zero-order valence-corrected chi connectivity index (χ0v) is 22.4. The molecule has 9 nitrogen and oxygen atoms in total. The van der Waals surface area contributed by atoms with Gasteiger partial charge in [-0.15, -0.1) is 0 Å². The van der Waals surface area contributed by atoms with E-state index in [1.54, 1.807) is 60.7 Å². The Hall–Kier alpha value is -5.93. The lowest BCUT2D eigenvalue weighted by molar-refractivity contribution is 0.474. The summed E-state index contributed by atoms with van der Waals surface area (Å²) in [5.74, 6) is 1.17. The van der Waals surface area contributed by atoms with Gasteiger partial charge in [0.05, 0.1) is 18.2 Å². The van der Waals surface area contributed by atoms with Crippen molar-refractivity contribution in [3.63, 3.8) is 0 Å². The van der Waals surface area contributed by atoms with Crippen LogP contribution < -0.4 is 16.0 Å². The quantitative estimate of drug-likeness (QED) is 0.149. The summed E-state index contributed by atoms with van der Waals surface area (Å²) in [6.45, 7) is 11.4. The van der Waals surface area contributed by atoms with Crippen LogP contribution in [0.5, 0.6) is 5.75 Å². The van der Waals surface area contributed by atoms with Gasteiger partial charge >= 0.3 is 0 Å². The number of hydrogen-bond acceptors (Lipinski definition) is 8. The van der Waals surface area contributed by atoms with E-state index in [0.29, 0.717) is 34.8 Å². The summed E-state index contributed by atoms with van der Waals surface area (Å²) in [7, 11) is 0. The summed E-state index contributed by atoms with van der Waals surface area (Å²) in [6.07, 6.45) is 0. The number of aromatic nitrogens is 3. The first kappa shape index (κ1) is 26.7. The third kappa shape index (κ3) is 6.39. The molecule has 0 unspecified atom stereocenters. The molecule has 5 rings (SSSR count). The second-order valence-electron chi connectivity index (χ2n) is 9.78. The first-order valence-corrected chi connectivity index (χ1v) is 12.8. The van der Waals surface area contributed by atoms with Gasteiger partial charge in [0.2, 0.25) is 17.8 Å². The topological polar surface area (TPSA) is 123 Å². The van der Waals surface area contributed by atoms with Crippen LogP contribution in [0.3, 0.4) is 0 Å². The van der Waals surface area contributed by atoms with Crippen LogP contribution in [0.15, 0.2) is 97.1 Å². The van der Waals surface area contributed by atoms with Gasteiger partial charge in [0.1, 0.15) is 5.75 Å². The Morgan fingerprint density at radius 3 is 1.46 bits per heavy atom. The summed E-state index contributed by atoms with van der Waals surface area (Å²) >= 11 is 0. The summed E-state index contributed by atoms with van der Waals surface area (Å²) < 4.78 is 0. The summed E-state index contributed by atoms with van der Waals surface area (Å²) in [5.41, 5.74) is 5.25.